The summed E-state index contributed by atoms with van der Waals surface area (Å²) in [6.07, 6.45) is 0.111. The molecule has 6 nitrogen and oxygen atoms in total. The molecular weight excluding hydrogens is 282 g/mol. The van der Waals surface area contributed by atoms with Crippen LogP contribution in [0, 0.1) is 0 Å². The Bertz CT molecular complexity index is 553. The Hall–Kier alpha value is -2.21. The van der Waals surface area contributed by atoms with Crippen LogP contribution in [0.25, 0.3) is 0 Å². The van der Waals surface area contributed by atoms with Gasteiger partial charge in [0.25, 0.3) is 5.91 Å². The maximum Gasteiger partial charge on any atom is 0.266 e. The summed E-state index contributed by atoms with van der Waals surface area (Å²) >= 11 is 0. The van der Waals surface area contributed by atoms with E-state index < -0.39 is 0 Å². The predicted molar refractivity (Wildman–Crippen MR) is 86.9 cm³/mol. The van der Waals surface area contributed by atoms with Crippen molar-refractivity contribution in [2.45, 2.75) is 33.1 Å². The van der Waals surface area contributed by atoms with Crippen molar-refractivity contribution in [1.82, 2.24) is 5.43 Å². The van der Waals surface area contributed by atoms with Crippen molar-refractivity contribution in [2.75, 3.05) is 19.0 Å². The van der Waals surface area contributed by atoms with Crippen molar-refractivity contribution >= 4 is 23.2 Å². The van der Waals surface area contributed by atoms with Crippen LogP contribution in [0.15, 0.2) is 29.4 Å². The number of hydrogen-bond acceptors (Lipinski definition) is 4. The third kappa shape index (κ3) is 6.05. The topological polar surface area (TPSA) is 79.8 Å². The highest BCUT2D eigenvalue weighted by atomic mass is 16.5. The quantitative estimate of drug-likeness (QED) is 0.599. The van der Waals surface area contributed by atoms with Crippen LogP contribution in [0.4, 0.5) is 5.69 Å². The van der Waals surface area contributed by atoms with Crippen molar-refractivity contribution in [3.8, 4) is 0 Å². The van der Waals surface area contributed by atoms with E-state index in [0.29, 0.717) is 11.6 Å². The fourth-order valence-electron chi connectivity index (χ4n) is 1.90. The van der Waals surface area contributed by atoms with Crippen LogP contribution in [0.5, 0.6) is 0 Å². The summed E-state index contributed by atoms with van der Waals surface area (Å²) in [5, 5.41) is 6.74. The number of nitrogens with one attached hydrogen (secondary N) is 2. The summed E-state index contributed by atoms with van der Waals surface area (Å²) in [6, 6.07) is 7.70. The van der Waals surface area contributed by atoms with Crippen LogP contribution in [0.1, 0.15) is 38.7 Å². The van der Waals surface area contributed by atoms with Gasteiger partial charge in [-0.2, -0.15) is 5.10 Å². The summed E-state index contributed by atoms with van der Waals surface area (Å²) < 4.78 is 4.67. The summed E-state index contributed by atoms with van der Waals surface area (Å²) in [7, 11) is 1.43. The second-order valence-corrected chi connectivity index (χ2v) is 5.28. The third-order valence-corrected chi connectivity index (χ3v) is 2.92. The van der Waals surface area contributed by atoms with Crippen molar-refractivity contribution in [2.24, 2.45) is 5.10 Å². The summed E-state index contributed by atoms with van der Waals surface area (Å²) in [5.74, 6) is -0.206. The number of ether oxygens (including phenoxy) is 1. The number of nitrogens with zero attached hydrogens (tertiary/aromatic N) is 1. The van der Waals surface area contributed by atoms with Gasteiger partial charge in [0.2, 0.25) is 5.91 Å². The van der Waals surface area contributed by atoms with E-state index in [1.165, 1.54) is 7.11 Å². The van der Waals surface area contributed by atoms with E-state index in [4.69, 9.17) is 0 Å². The Balaban J connectivity index is 2.59. The average Bonchev–Trinajstić information content (AvgIpc) is 2.45. The maximum absolute atomic E-state index is 12.0. The molecule has 0 saturated carbocycles. The third-order valence-electron chi connectivity index (χ3n) is 2.92. The first-order valence-electron chi connectivity index (χ1n) is 7.13. The zero-order chi connectivity index (χ0) is 16.5. The predicted octanol–water partition coefficient (Wildman–Crippen LogP) is 2.28. The number of carbonyl (C=O) groups is 2. The first-order chi connectivity index (χ1) is 10.4. The van der Waals surface area contributed by atoms with Crippen molar-refractivity contribution in [1.29, 1.82) is 0 Å². The Morgan fingerprint density at radius 2 is 1.91 bits per heavy atom. The number of benzene rings is 1. The Morgan fingerprint density at radius 1 is 1.23 bits per heavy atom. The number of amides is 2. The minimum absolute atomic E-state index is 0.0647. The van der Waals surface area contributed by atoms with Gasteiger partial charge in [-0.3, -0.25) is 9.59 Å². The average molecular weight is 305 g/mol. The number of methoxy groups -OCH3 is 1. The van der Waals surface area contributed by atoms with E-state index in [1.54, 1.807) is 6.92 Å². The molecule has 0 aliphatic rings. The van der Waals surface area contributed by atoms with Crippen LogP contribution in [0.3, 0.4) is 0 Å². The molecule has 0 aliphatic carbocycles. The highest BCUT2D eigenvalue weighted by Gasteiger charge is 2.10. The molecule has 120 valence electrons. The van der Waals surface area contributed by atoms with Crippen LogP contribution in [-0.2, 0) is 14.3 Å². The highest BCUT2D eigenvalue weighted by Crippen LogP contribution is 2.23. The number of hydrazone groups is 1. The van der Waals surface area contributed by atoms with Gasteiger partial charge in [-0.15, -0.1) is 0 Å². The fraction of sp³-hybridized carbons (Fsp3) is 0.438. The van der Waals surface area contributed by atoms with E-state index >= 15 is 0 Å². The van der Waals surface area contributed by atoms with Crippen molar-refractivity contribution in [3.05, 3.63) is 29.8 Å². The SMILES string of the molecule is COCC(=O)NN=C(C)CC(=O)Nc1ccccc1C(C)C. The van der Waals surface area contributed by atoms with Gasteiger partial charge in [0.1, 0.15) is 6.61 Å². The molecule has 0 bridgehead atoms. The standard InChI is InChI=1S/C16H23N3O3/c1-11(2)13-7-5-6-8-14(13)17-15(20)9-12(3)18-19-16(21)10-22-4/h5-8,11H,9-10H2,1-4H3,(H,17,20)(H,19,21). The van der Waals surface area contributed by atoms with Gasteiger partial charge in [-0.1, -0.05) is 32.0 Å². The van der Waals surface area contributed by atoms with Gasteiger partial charge in [-0.25, -0.2) is 5.43 Å². The van der Waals surface area contributed by atoms with Gasteiger partial charge in [0, 0.05) is 18.5 Å². The first-order valence-corrected chi connectivity index (χ1v) is 7.13. The lowest BCUT2D eigenvalue weighted by atomic mass is 10.0. The lowest BCUT2D eigenvalue weighted by molar-refractivity contribution is -0.124. The van der Waals surface area contributed by atoms with Crippen molar-refractivity contribution < 1.29 is 14.3 Å². The molecule has 6 heteroatoms. The van der Waals surface area contributed by atoms with Gasteiger partial charge in [-0.05, 0) is 24.5 Å². The molecule has 0 aromatic heterocycles. The molecule has 0 heterocycles. The van der Waals surface area contributed by atoms with Gasteiger partial charge in [0.05, 0.1) is 6.42 Å². The smallest absolute Gasteiger partial charge is 0.266 e. The molecular formula is C16H23N3O3. The second kappa shape index (κ2) is 8.94. The minimum atomic E-state index is -0.354. The zero-order valence-corrected chi connectivity index (χ0v) is 13.5. The van der Waals surface area contributed by atoms with E-state index in [-0.39, 0.29) is 24.8 Å². The van der Waals surface area contributed by atoms with E-state index in [2.05, 4.69) is 34.4 Å². The largest absolute Gasteiger partial charge is 0.375 e. The van der Waals surface area contributed by atoms with E-state index in [1.807, 2.05) is 24.3 Å². The second-order valence-electron chi connectivity index (χ2n) is 5.28. The summed E-state index contributed by atoms with van der Waals surface area (Å²) in [6.45, 7) is 5.76. The van der Waals surface area contributed by atoms with Gasteiger partial charge < -0.3 is 10.1 Å². The molecule has 1 rings (SSSR count). The molecule has 0 atom stereocenters. The molecule has 1 aromatic carbocycles. The Kier molecular flexibility index (Phi) is 7.25. The maximum atomic E-state index is 12.0. The number of anilines is 1. The molecule has 0 radical (unpaired) electrons. The monoisotopic (exact) mass is 305 g/mol. The number of rotatable bonds is 7. The van der Waals surface area contributed by atoms with E-state index in [0.717, 1.165) is 11.3 Å². The molecule has 0 saturated heterocycles. The molecule has 0 fully saturated rings. The molecule has 22 heavy (non-hydrogen) atoms. The van der Waals surface area contributed by atoms with Gasteiger partial charge >= 0.3 is 0 Å². The Morgan fingerprint density at radius 3 is 2.55 bits per heavy atom. The molecule has 2 N–H and O–H groups in total. The molecule has 0 spiro atoms. The highest BCUT2D eigenvalue weighted by molar-refractivity contribution is 6.06. The number of hydrogen-bond donors (Lipinski definition) is 2. The zero-order valence-electron chi connectivity index (χ0n) is 13.5. The van der Waals surface area contributed by atoms with Crippen LogP contribution in [0.2, 0.25) is 0 Å². The van der Waals surface area contributed by atoms with Crippen molar-refractivity contribution in [3.63, 3.8) is 0 Å². The number of para-hydroxylation sites is 1. The molecule has 2 amide bonds. The van der Waals surface area contributed by atoms with Crippen LogP contribution < -0.4 is 10.7 Å². The van der Waals surface area contributed by atoms with Crippen LogP contribution in [-0.4, -0.2) is 31.2 Å². The normalized spacial score (nSPS) is 11.4. The number of carbonyl (C=O) groups excluding carboxylic acids is 2. The molecule has 1 aromatic rings. The minimum Gasteiger partial charge on any atom is -0.375 e. The van der Waals surface area contributed by atoms with Crippen LogP contribution >= 0.6 is 0 Å². The lowest BCUT2D eigenvalue weighted by Crippen LogP contribution is -2.24. The first kappa shape index (κ1) is 17.8. The molecule has 0 aliphatic heterocycles. The van der Waals surface area contributed by atoms with E-state index in [9.17, 15) is 9.59 Å². The van der Waals surface area contributed by atoms with Gasteiger partial charge in [0.15, 0.2) is 0 Å². The summed E-state index contributed by atoms with van der Waals surface area (Å²) in [4.78, 5) is 23.2. The lowest BCUT2D eigenvalue weighted by Gasteiger charge is -2.13. The Labute approximate surface area is 130 Å². The fourth-order valence-corrected chi connectivity index (χ4v) is 1.90. The summed E-state index contributed by atoms with van der Waals surface area (Å²) in [5.41, 5.74) is 4.73. The molecule has 0 unspecified atom stereocenters.